The van der Waals surface area contributed by atoms with E-state index in [-0.39, 0.29) is 11.5 Å². The summed E-state index contributed by atoms with van der Waals surface area (Å²) in [5, 5.41) is 0.651. The first-order valence-electron chi connectivity index (χ1n) is 8.38. The normalized spacial score (nSPS) is 12.2. The van der Waals surface area contributed by atoms with Gasteiger partial charge in [0.15, 0.2) is 0 Å². The number of hydrogen-bond acceptors (Lipinski definition) is 2. The predicted molar refractivity (Wildman–Crippen MR) is 99.9 cm³/mol. The SMILES string of the molecule is C=CC[C@H](C)c1nc2ccccc2c(=O)n1-c1ccccc1CC. The van der Waals surface area contributed by atoms with E-state index in [2.05, 4.69) is 26.5 Å². The highest BCUT2D eigenvalue weighted by Gasteiger charge is 2.18. The molecule has 1 atom stereocenters. The van der Waals surface area contributed by atoms with Crippen molar-refractivity contribution in [3.63, 3.8) is 0 Å². The van der Waals surface area contributed by atoms with Crippen LogP contribution in [0.4, 0.5) is 0 Å². The van der Waals surface area contributed by atoms with Gasteiger partial charge < -0.3 is 0 Å². The topological polar surface area (TPSA) is 34.9 Å². The molecular weight excluding hydrogens is 296 g/mol. The van der Waals surface area contributed by atoms with Crippen molar-refractivity contribution in [1.82, 2.24) is 9.55 Å². The highest BCUT2D eigenvalue weighted by Crippen LogP contribution is 2.24. The Morgan fingerprint density at radius 3 is 2.62 bits per heavy atom. The Bertz CT molecular complexity index is 940. The lowest BCUT2D eigenvalue weighted by atomic mass is 10.0. The molecule has 0 bridgehead atoms. The van der Waals surface area contributed by atoms with Crippen LogP contribution < -0.4 is 5.56 Å². The van der Waals surface area contributed by atoms with Gasteiger partial charge in [-0.25, -0.2) is 4.98 Å². The molecule has 0 spiro atoms. The molecule has 0 radical (unpaired) electrons. The monoisotopic (exact) mass is 318 g/mol. The standard InChI is InChI=1S/C21H22N2O/c1-4-10-15(3)20-22-18-13-8-7-12-17(18)21(24)23(20)19-14-9-6-11-16(19)5-2/h4,6-9,11-15H,1,5,10H2,2-3H3/t15-/m0/s1. The lowest BCUT2D eigenvalue weighted by molar-refractivity contribution is 0.675. The number of aromatic nitrogens is 2. The summed E-state index contributed by atoms with van der Waals surface area (Å²) in [6.07, 6.45) is 3.52. The van der Waals surface area contributed by atoms with Crippen LogP contribution in [0.25, 0.3) is 16.6 Å². The minimum atomic E-state index is -0.00703. The van der Waals surface area contributed by atoms with Gasteiger partial charge in [-0.3, -0.25) is 9.36 Å². The Morgan fingerprint density at radius 2 is 1.88 bits per heavy atom. The summed E-state index contributed by atoms with van der Waals surface area (Å²) in [6.45, 7) is 8.02. The zero-order chi connectivity index (χ0) is 17.1. The van der Waals surface area contributed by atoms with Crippen LogP contribution in [0.15, 0.2) is 66.0 Å². The fourth-order valence-electron chi connectivity index (χ4n) is 3.10. The number of rotatable bonds is 5. The molecule has 0 N–H and O–H groups in total. The lowest BCUT2D eigenvalue weighted by Crippen LogP contribution is -2.26. The van der Waals surface area contributed by atoms with E-state index >= 15 is 0 Å². The number of fused-ring (bicyclic) bond motifs is 1. The minimum absolute atomic E-state index is 0.00703. The van der Waals surface area contributed by atoms with Crippen LogP contribution in [0.2, 0.25) is 0 Å². The third-order valence-corrected chi connectivity index (χ3v) is 4.38. The Morgan fingerprint density at radius 1 is 1.17 bits per heavy atom. The molecule has 1 heterocycles. The zero-order valence-electron chi connectivity index (χ0n) is 14.2. The van der Waals surface area contributed by atoms with Gasteiger partial charge in [-0.05, 0) is 36.6 Å². The Labute approximate surface area is 142 Å². The fraction of sp³-hybridized carbons (Fsp3) is 0.238. The average molecular weight is 318 g/mol. The molecule has 3 rings (SSSR count). The van der Waals surface area contributed by atoms with E-state index in [1.165, 1.54) is 0 Å². The van der Waals surface area contributed by atoms with E-state index in [4.69, 9.17) is 4.98 Å². The van der Waals surface area contributed by atoms with Gasteiger partial charge in [0, 0.05) is 5.92 Å². The van der Waals surface area contributed by atoms with Gasteiger partial charge in [0.2, 0.25) is 0 Å². The summed E-state index contributed by atoms with van der Waals surface area (Å²) in [5.74, 6) is 0.907. The first-order chi connectivity index (χ1) is 11.7. The number of hydrogen-bond donors (Lipinski definition) is 0. The van der Waals surface area contributed by atoms with Gasteiger partial charge in [-0.15, -0.1) is 6.58 Å². The first kappa shape index (κ1) is 16.2. The minimum Gasteiger partial charge on any atom is -0.268 e. The molecule has 0 saturated heterocycles. The van der Waals surface area contributed by atoms with Crippen LogP contribution >= 0.6 is 0 Å². The van der Waals surface area contributed by atoms with E-state index in [1.807, 2.05) is 48.5 Å². The molecule has 0 aliphatic carbocycles. The Kier molecular flexibility index (Phi) is 4.61. The van der Waals surface area contributed by atoms with Crippen LogP contribution in [0.3, 0.4) is 0 Å². The van der Waals surface area contributed by atoms with Crippen LogP contribution in [-0.4, -0.2) is 9.55 Å². The molecule has 3 aromatic rings. The van der Waals surface area contributed by atoms with E-state index in [0.717, 1.165) is 35.4 Å². The third-order valence-electron chi connectivity index (χ3n) is 4.38. The average Bonchev–Trinajstić information content (AvgIpc) is 2.62. The van der Waals surface area contributed by atoms with Crippen molar-refractivity contribution in [3.05, 3.63) is 82.9 Å². The van der Waals surface area contributed by atoms with Gasteiger partial charge in [0.05, 0.1) is 16.6 Å². The maximum atomic E-state index is 13.2. The van der Waals surface area contributed by atoms with E-state index in [9.17, 15) is 4.79 Å². The van der Waals surface area contributed by atoms with Crippen LogP contribution in [-0.2, 0) is 6.42 Å². The molecule has 0 aliphatic rings. The fourth-order valence-corrected chi connectivity index (χ4v) is 3.10. The molecule has 1 aromatic heterocycles. The largest absolute Gasteiger partial charge is 0.268 e. The van der Waals surface area contributed by atoms with Crippen molar-refractivity contribution >= 4 is 10.9 Å². The second-order valence-electron chi connectivity index (χ2n) is 6.04. The predicted octanol–water partition coefficient (Wildman–Crippen LogP) is 4.63. The Hall–Kier alpha value is -2.68. The number of allylic oxidation sites excluding steroid dienone is 1. The van der Waals surface area contributed by atoms with Crippen molar-refractivity contribution in [1.29, 1.82) is 0 Å². The van der Waals surface area contributed by atoms with E-state index in [0.29, 0.717) is 5.39 Å². The number of benzene rings is 2. The number of para-hydroxylation sites is 2. The molecule has 0 aliphatic heterocycles. The van der Waals surface area contributed by atoms with Crippen molar-refractivity contribution in [2.45, 2.75) is 32.6 Å². The molecular formula is C21H22N2O. The summed E-state index contributed by atoms with van der Waals surface area (Å²) in [4.78, 5) is 18.0. The molecule has 0 fully saturated rings. The van der Waals surface area contributed by atoms with Gasteiger partial charge in [-0.1, -0.05) is 50.3 Å². The van der Waals surface area contributed by atoms with Gasteiger partial charge in [0.25, 0.3) is 5.56 Å². The Balaban J connectivity index is 2.39. The molecule has 0 amide bonds. The van der Waals surface area contributed by atoms with Crippen molar-refractivity contribution in [2.75, 3.05) is 0 Å². The maximum Gasteiger partial charge on any atom is 0.265 e. The van der Waals surface area contributed by atoms with E-state index in [1.54, 1.807) is 4.57 Å². The quantitative estimate of drug-likeness (QED) is 0.643. The van der Waals surface area contributed by atoms with Crippen molar-refractivity contribution in [2.24, 2.45) is 0 Å². The molecule has 0 unspecified atom stereocenters. The van der Waals surface area contributed by atoms with Crippen LogP contribution in [0.5, 0.6) is 0 Å². The second-order valence-corrected chi connectivity index (χ2v) is 6.04. The molecule has 24 heavy (non-hydrogen) atoms. The second kappa shape index (κ2) is 6.83. The zero-order valence-corrected chi connectivity index (χ0v) is 14.2. The van der Waals surface area contributed by atoms with Gasteiger partial charge in [-0.2, -0.15) is 0 Å². The molecule has 122 valence electrons. The third kappa shape index (κ3) is 2.78. The van der Waals surface area contributed by atoms with Crippen LogP contribution in [0, 0.1) is 0 Å². The highest BCUT2D eigenvalue weighted by molar-refractivity contribution is 5.78. The summed E-state index contributed by atoms with van der Waals surface area (Å²) in [6, 6.07) is 15.6. The maximum absolute atomic E-state index is 13.2. The molecule has 0 saturated carbocycles. The molecule has 3 nitrogen and oxygen atoms in total. The summed E-state index contributed by atoms with van der Waals surface area (Å²) < 4.78 is 1.79. The summed E-state index contributed by atoms with van der Waals surface area (Å²) >= 11 is 0. The smallest absolute Gasteiger partial charge is 0.265 e. The van der Waals surface area contributed by atoms with E-state index < -0.39 is 0 Å². The van der Waals surface area contributed by atoms with Gasteiger partial charge >= 0.3 is 0 Å². The van der Waals surface area contributed by atoms with Gasteiger partial charge in [0.1, 0.15) is 5.82 Å². The number of nitrogens with zero attached hydrogens (tertiary/aromatic N) is 2. The highest BCUT2D eigenvalue weighted by atomic mass is 16.1. The summed E-state index contributed by atoms with van der Waals surface area (Å²) in [5.41, 5.74) is 2.81. The number of aryl methyl sites for hydroxylation is 1. The van der Waals surface area contributed by atoms with Crippen molar-refractivity contribution in [3.8, 4) is 5.69 Å². The first-order valence-corrected chi connectivity index (χ1v) is 8.38. The van der Waals surface area contributed by atoms with Crippen molar-refractivity contribution < 1.29 is 0 Å². The lowest BCUT2D eigenvalue weighted by Gasteiger charge is -2.19. The molecule has 2 aromatic carbocycles. The van der Waals surface area contributed by atoms with Crippen LogP contribution in [0.1, 0.15) is 37.6 Å². The summed E-state index contributed by atoms with van der Waals surface area (Å²) in [7, 11) is 0. The molecule has 3 heteroatoms.